The smallest absolute Gasteiger partial charge is 0.326 e. The summed E-state index contributed by atoms with van der Waals surface area (Å²) < 4.78 is 14.4. The lowest BCUT2D eigenvalue weighted by molar-refractivity contribution is -0.121. The largest absolute Gasteiger partial charge is 0.388 e. The normalized spacial score (nSPS) is 10.1. The number of aliphatic hydroxyl groups is 1. The van der Waals surface area contributed by atoms with Crippen molar-refractivity contribution in [3.05, 3.63) is 0 Å². The van der Waals surface area contributed by atoms with Crippen molar-refractivity contribution in [2.75, 3.05) is 27.1 Å². The number of carbonyl (C=O) groups is 1. The number of aliphatic hydroxyl groups excluding tert-OH is 1. The molecule has 0 unspecified atom stereocenters. The van der Waals surface area contributed by atoms with Crippen molar-refractivity contribution in [1.29, 1.82) is 0 Å². The quantitative estimate of drug-likeness (QED) is 0.358. The molecular weight excluding hydrogens is 213 g/mol. The Bertz CT molecular complexity index is 191. The second-order valence-electron chi connectivity index (χ2n) is 2.30. The van der Waals surface area contributed by atoms with Crippen molar-refractivity contribution >= 4 is 13.5 Å². The Morgan fingerprint density at radius 2 is 1.86 bits per heavy atom. The van der Waals surface area contributed by atoms with Crippen LogP contribution in [0.1, 0.15) is 6.42 Å². The lowest BCUT2D eigenvalue weighted by atomic mass is 10.5. The summed E-state index contributed by atoms with van der Waals surface area (Å²) in [5.41, 5.74) is 0. The van der Waals surface area contributed by atoms with Gasteiger partial charge in [0.15, 0.2) is 0 Å². The van der Waals surface area contributed by atoms with Crippen LogP contribution in [-0.2, 0) is 14.1 Å². The Morgan fingerprint density at radius 1 is 1.43 bits per heavy atom. The molecule has 0 aliphatic carbocycles. The average molecular weight is 229 g/mol. The van der Waals surface area contributed by atoms with E-state index in [1.54, 1.807) is 14.2 Å². The molecule has 7 nitrogen and oxygen atoms in total. The van der Waals surface area contributed by atoms with E-state index < -0.39 is 26.4 Å². The Hall–Kier alpha value is -0.460. The number of hydrogen-bond acceptors (Lipinski definition) is 4. The van der Waals surface area contributed by atoms with Gasteiger partial charge in [0.05, 0.1) is 6.16 Å². The van der Waals surface area contributed by atoms with Gasteiger partial charge in [-0.2, -0.15) is 0 Å². The lowest BCUT2D eigenvalue weighted by Gasteiger charge is -2.02. The van der Waals surface area contributed by atoms with E-state index in [1.165, 1.54) is 0 Å². The molecule has 14 heavy (non-hydrogen) atoms. The first-order valence-corrected chi connectivity index (χ1v) is 5.49. The predicted octanol–water partition coefficient (Wildman–Crippen LogP) is -1.12. The molecule has 0 aliphatic heterocycles. The predicted molar refractivity (Wildman–Crippen MR) is 49.7 cm³/mol. The van der Waals surface area contributed by atoms with Crippen LogP contribution in [0, 0.1) is 0 Å². The van der Waals surface area contributed by atoms with E-state index in [0.29, 0.717) is 0 Å². The first kappa shape index (κ1) is 16.0. The second-order valence-corrected chi connectivity index (χ2v) is 4.08. The van der Waals surface area contributed by atoms with Gasteiger partial charge in [-0.05, 0) is 0 Å². The number of amides is 1. The van der Waals surface area contributed by atoms with Crippen LogP contribution in [0.15, 0.2) is 0 Å². The Kier molecular flexibility index (Phi) is 10.4. The van der Waals surface area contributed by atoms with Crippen LogP contribution < -0.4 is 5.32 Å². The minimum absolute atomic E-state index is 0.273. The summed E-state index contributed by atoms with van der Waals surface area (Å²) in [5, 5.41) is 10.1. The van der Waals surface area contributed by atoms with Gasteiger partial charge in [-0.15, -0.1) is 0 Å². The van der Waals surface area contributed by atoms with Gasteiger partial charge in [-0.3, -0.25) is 9.36 Å². The molecular formula is C6H16NO6P. The second kappa shape index (κ2) is 9.11. The molecule has 0 bridgehead atoms. The molecule has 0 aromatic rings. The zero-order chi connectivity index (χ0) is 11.6. The minimum atomic E-state index is -4.09. The van der Waals surface area contributed by atoms with Crippen LogP contribution in [0.25, 0.3) is 0 Å². The molecule has 0 heterocycles. The van der Waals surface area contributed by atoms with Crippen molar-refractivity contribution in [3.8, 4) is 0 Å². The molecule has 0 saturated heterocycles. The first-order chi connectivity index (χ1) is 6.37. The molecule has 0 aromatic carbocycles. The summed E-state index contributed by atoms with van der Waals surface area (Å²) in [6.45, 7) is -0.514. The molecule has 86 valence electrons. The first-order valence-electron chi connectivity index (χ1n) is 3.69. The summed E-state index contributed by atoms with van der Waals surface area (Å²) in [5.74, 6) is -0.573. The van der Waals surface area contributed by atoms with Crippen molar-refractivity contribution in [3.63, 3.8) is 0 Å². The number of carbonyl (C=O) groups excluding carboxylic acids is 1. The number of ether oxygens (including phenoxy) is 1. The van der Waals surface area contributed by atoms with Crippen LogP contribution in [0.4, 0.5) is 0 Å². The van der Waals surface area contributed by atoms with E-state index >= 15 is 0 Å². The van der Waals surface area contributed by atoms with Crippen molar-refractivity contribution < 1.29 is 29.0 Å². The highest BCUT2D eigenvalue weighted by atomic mass is 31.2. The van der Waals surface area contributed by atoms with E-state index in [2.05, 4.69) is 4.74 Å². The van der Waals surface area contributed by atoms with Crippen LogP contribution in [0.5, 0.6) is 0 Å². The molecule has 0 aliphatic rings. The molecule has 0 atom stereocenters. The fourth-order valence-corrected chi connectivity index (χ4v) is 0.918. The van der Waals surface area contributed by atoms with Gasteiger partial charge in [-0.25, -0.2) is 0 Å². The van der Waals surface area contributed by atoms with Crippen molar-refractivity contribution in [2.24, 2.45) is 0 Å². The van der Waals surface area contributed by atoms with Crippen LogP contribution in [0.3, 0.4) is 0 Å². The Labute approximate surface area is 82.2 Å². The summed E-state index contributed by atoms with van der Waals surface area (Å²) >= 11 is 0. The highest BCUT2D eigenvalue weighted by Crippen LogP contribution is 2.34. The standard InChI is InChI=1S/C4H10NO5P.C2H6O/c6-3-5-4(7)1-2-11(8,9)10;1-3-2/h6H,1-3H2,(H,5,7)(H2,8,9,10);1-2H3. The molecule has 8 heteroatoms. The SMILES string of the molecule is COC.O=C(CCP(=O)(O)O)NCO. The van der Waals surface area contributed by atoms with Crippen LogP contribution >= 0.6 is 7.60 Å². The van der Waals surface area contributed by atoms with Crippen molar-refractivity contribution in [2.45, 2.75) is 6.42 Å². The Balaban J connectivity index is 0. The third-order valence-electron chi connectivity index (χ3n) is 0.906. The van der Waals surface area contributed by atoms with E-state index in [9.17, 15) is 9.36 Å². The maximum atomic E-state index is 10.5. The van der Waals surface area contributed by atoms with Gasteiger partial charge in [0.1, 0.15) is 6.73 Å². The van der Waals surface area contributed by atoms with E-state index in [-0.39, 0.29) is 6.42 Å². The number of hydrogen-bond donors (Lipinski definition) is 4. The maximum Gasteiger partial charge on any atom is 0.326 e. The van der Waals surface area contributed by atoms with Gasteiger partial charge >= 0.3 is 7.60 Å². The Morgan fingerprint density at radius 3 is 2.14 bits per heavy atom. The van der Waals surface area contributed by atoms with Gasteiger partial charge in [0.25, 0.3) is 0 Å². The minimum Gasteiger partial charge on any atom is -0.388 e. The summed E-state index contributed by atoms with van der Waals surface area (Å²) in [4.78, 5) is 27.1. The topological polar surface area (TPSA) is 116 Å². The monoisotopic (exact) mass is 229 g/mol. The van der Waals surface area contributed by atoms with Gasteiger partial charge in [0.2, 0.25) is 5.91 Å². The number of methoxy groups -OCH3 is 1. The van der Waals surface area contributed by atoms with Gasteiger partial charge in [-0.1, -0.05) is 0 Å². The zero-order valence-electron chi connectivity index (χ0n) is 8.13. The lowest BCUT2D eigenvalue weighted by Crippen LogP contribution is -2.24. The highest BCUT2D eigenvalue weighted by molar-refractivity contribution is 7.51. The average Bonchev–Trinajstić information content (AvgIpc) is 2.02. The molecule has 4 N–H and O–H groups in total. The number of nitrogens with one attached hydrogen (secondary N) is 1. The summed E-state index contributed by atoms with van der Waals surface area (Å²) in [6, 6.07) is 0. The molecule has 1 amide bonds. The molecule has 0 radical (unpaired) electrons. The summed E-state index contributed by atoms with van der Waals surface area (Å²) in [7, 11) is -0.836. The molecule has 0 spiro atoms. The van der Waals surface area contributed by atoms with E-state index in [1.807, 2.05) is 5.32 Å². The van der Waals surface area contributed by atoms with Gasteiger partial charge < -0.3 is 24.9 Å². The maximum absolute atomic E-state index is 10.5. The summed E-state index contributed by atoms with van der Waals surface area (Å²) in [6.07, 6.45) is -0.760. The third-order valence-corrected chi connectivity index (χ3v) is 1.71. The fourth-order valence-electron chi connectivity index (χ4n) is 0.424. The fraction of sp³-hybridized carbons (Fsp3) is 0.833. The van der Waals surface area contributed by atoms with Crippen molar-refractivity contribution in [1.82, 2.24) is 5.32 Å². The molecule has 0 aromatic heterocycles. The third kappa shape index (κ3) is 17.6. The van der Waals surface area contributed by atoms with Crippen LogP contribution in [0.2, 0.25) is 0 Å². The molecule has 0 fully saturated rings. The zero-order valence-corrected chi connectivity index (χ0v) is 9.03. The van der Waals surface area contributed by atoms with Crippen LogP contribution in [-0.4, -0.2) is 47.9 Å². The highest BCUT2D eigenvalue weighted by Gasteiger charge is 2.14. The van der Waals surface area contributed by atoms with E-state index in [4.69, 9.17) is 14.9 Å². The van der Waals surface area contributed by atoms with Gasteiger partial charge in [0, 0.05) is 20.6 Å². The molecule has 0 rings (SSSR count). The number of rotatable bonds is 4. The molecule has 0 saturated carbocycles. The van der Waals surface area contributed by atoms with E-state index in [0.717, 1.165) is 0 Å².